The number of amides is 1. The summed E-state index contributed by atoms with van der Waals surface area (Å²) in [5, 5.41) is 25.4. The Morgan fingerprint density at radius 2 is 1.89 bits per heavy atom. The second kappa shape index (κ2) is 6.99. The first-order valence-corrected chi connectivity index (χ1v) is 8.53. The molecular weight excluding hydrogens is 358 g/mol. The number of azo groups is 1. The minimum atomic E-state index is -0.575. The Morgan fingerprint density at radius 1 is 1.14 bits per heavy atom. The smallest absolute Gasteiger partial charge is 0.313 e. The fourth-order valence-electron chi connectivity index (χ4n) is 3.00. The molecule has 4 rings (SSSR count). The Hall–Kier alpha value is -3.94. The van der Waals surface area contributed by atoms with Gasteiger partial charge in [-0.1, -0.05) is 18.2 Å². The zero-order chi connectivity index (χ0) is 19.7. The molecule has 140 valence electrons. The second-order valence-corrected chi connectivity index (χ2v) is 6.17. The summed E-state index contributed by atoms with van der Waals surface area (Å²) in [6, 6.07) is 14.6. The minimum Gasteiger partial charge on any atom is -0.497 e. The summed E-state index contributed by atoms with van der Waals surface area (Å²) in [5.74, 6) is 0.0213. The third-order valence-electron chi connectivity index (χ3n) is 4.49. The van der Waals surface area contributed by atoms with Crippen LogP contribution in [0.3, 0.4) is 0 Å². The quantitative estimate of drug-likeness (QED) is 0.455. The number of aromatic amines is 2. The number of aromatic nitrogens is 3. The lowest BCUT2D eigenvalue weighted by molar-refractivity contribution is 0.0989. The molecular formula is C20H17N5O3. The van der Waals surface area contributed by atoms with Crippen molar-refractivity contribution in [1.82, 2.24) is 15.2 Å². The summed E-state index contributed by atoms with van der Waals surface area (Å²) in [6.07, 6.45) is 0. The molecule has 0 radical (unpaired) electrons. The van der Waals surface area contributed by atoms with Gasteiger partial charge in [-0.25, -0.2) is 0 Å². The van der Waals surface area contributed by atoms with E-state index < -0.39 is 5.91 Å². The highest BCUT2D eigenvalue weighted by atomic mass is 16.5. The first kappa shape index (κ1) is 17.5. The van der Waals surface area contributed by atoms with Crippen molar-refractivity contribution in [2.24, 2.45) is 10.2 Å². The SMILES string of the molecule is COc1ccc(-c2n[nH]c(C(=O)N=Nc3c(O)[nH]c4ccccc34)c2C)cc1. The number of para-hydroxylation sites is 1. The van der Waals surface area contributed by atoms with E-state index in [0.29, 0.717) is 22.2 Å². The van der Waals surface area contributed by atoms with Gasteiger partial charge in [-0.05, 0) is 37.3 Å². The van der Waals surface area contributed by atoms with Gasteiger partial charge in [0.2, 0.25) is 5.88 Å². The van der Waals surface area contributed by atoms with E-state index in [1.165, 1.54) is 0 Å². The van der Waals surface area contributed by atoms with Crippen LogP contribution in [0.5, 0.6) is 11.6 Å². The average molecular weight is 375 g/mol. The molecule has 0 aliphatic heterocycles. The van der Waals surface area contributed by atoms with Gasteiger partial charge in [-0.2, -0.15) is 5.10 Å². The molecule has 4 aromatic rings. The lowest BCUT2D eigenvalue weighted by Crippen LogP contribution is -1.96. The maximum atomic E-state index is 12.5. The lowest BCUT2D eigenvalue weighted by atomic mass is 10.1. The number of nitrogens with one attached hydrogen (secondary N) is 2. The molecule has 2 aromatic heterocycles. The first-order chi connectivity index (χ1) is 13.6. The largest absolute Gasteiger partial charge is 0.497 e. The molecule has 0 saturated heterocycles. The highest BCUT2D eigenvalue weighted by Crippen LogP contribution is 2.35. The number of hydrogen-bond donors (Lipinski definition) is 3. The number of ether oxygens (including phenoxy) is 1. The summed E-state index contributed by atoms with van der Waals surface area (Å²) in [7, 11) is 1.60. The van der Waals surface area contributed by atoms with Crippen LogP contribution in [0.15, 0.2) is 58.8 Å². The number of carbonyl (C=O) groups is 1. The number of H-pyrrole nitrogens is 2. The molecule has 3 N–H and O–H groups in total. The van der Waals surface area contributed by atoms with Crippen molar-refractivity contribution >= 4 is 22.5 Å². The van der Waals surface area contributed by atoms with Crippen LogP contribution in [0.1, 0.15) is 16.1 Å². The highest BCUT2D eigenvalue weighted by molar-refractivity contribution is 5.97. The predicted molar refractivity (Wildman–Crippen MR) is 104 cm³/mol. The molecule has 0 aliphatic carbocycles. The second-order valence-electron chi connectivity index (χ2n) is 6.17. The molecule has 2 heterocycles. The number of hydrogen-bond acceptors (Lipinski definition) is 5. The summed E-state index contributed by atoms with van der Waals surface area (Å²) >= 11 is 0. The number of carbonyl (C=O) groups excluding carboxylic acids is 1. The van der Waals surface area contributed by atoms with Crippen LogP contribution in [0, 0.1) is 6.92 Å². The maximum absolute atomic E-state index is 12.5. The molecule has 28 heavy (non-hydrogen) atoms. The Morgan fingerprint density at radius 3 is 2.64 bits per heavy atom. The molecule has 0 bridgehead atoms. The molecule has 0 spiro atoms. The van der Waals surface area contributed by atoms with Gasteiger partial charge in [0.15, 0.2) is 5.69 Å². The molecule has 0 fully saturated rings. The van der Waals surface area contributed by atoms with Crippen molar-refractivity contribution < 1.29 is 14.6 Å². The van der Waals surface area contributed by atoms with Crippen molar-refractivity contribution in [1.29, 1.82) is 0 Å². The number of methoxy groups -OCH3 is 1. The molecule has 8 nitrogen and oxygen atoms in total. The van der Waals surface area contributed by atoms with E-state index in [2.05, 4.69) is 25.4 Å². The molecule has 0 atom stereocenters. The zero-order valence-electron chi connectivity index (χ0n) is 15.2. The third-order valence-corrected chi connectivity index (χ3v) is 4.49. The molecule has 0 unspecified atom stereocenters. The Balaban J connectivity index is 1.62. The standard InChI is InChI=1S/C20H17N5O3/c1-11-16(12-7-9-13(28-2)10-8-12)22-23-17(11)20(27)25-24-18-14-5-3-4-6-15(14)21-19(18)26/h3-10,21,26H,1-2H3,(H,22,23). The Labute approximate surface area is 159 Å². The number of rotatable bonds is 4. The molecule has 8 heteroatoms. The number of aromatic hydroxyl groups is 1. The fourth-order valence-corrected chi connectivity index (χ4v) is 3.00. The van der Waals surface area contributed by atoms with E-state index in [9.17, 15) is 9.90 Å². The summed E-state index contributed by atoms with van der Waals surface area (Å²) in [5.41, 5.74) is 3.33. The van der Waals surface area contributed by atoms with Crippen LogP contribution in [-0.4, -0.2) is 33.3 Å². The van der Waals surface area contributed by atoms with Crippen LogP contribution in [0.25, 0.3) is 22.2 Å². The van der Waals surface area contributed by atoms with Crippen LogP contribution < -0.4 is 4.74 Å². The molecule has 2 aromatic carbocycles. The van der Waals surface area contributed by atoms with E-state index >= 15 is 0 Å². The van der Waals surface area contributed by atoms with Crippen molar-refractivity contribution in [3.05, 3.63) is 59.8 Å². The Kier molecular flexibility index (Phi) is 4.36. The van der Waals surface area contributed by atoms with E-state index in [4.69, 9.17) is 4.74 Å². The van der Waals surface area contributed by atoms with E-state index in [-0.39, 0.29) is 17.3 Å². The predicted octanol–water partition coefficient (Wildman–Crippen LogP) is 4.50. The molecule has 1 amide bonds. The number of nitrogens with zero attached hydrogens (tertiary/aromatic N) is 3. The van der Waals surface area contributed by atoms with Gasteiger partial charge in [-0.3, -0.25) is 9.89 Å². The van der Waals surface area contributed by atoms with Crippen LogP contribution in [0.4, 0.5) is 5.69 Å². The highest BCUT2D eigenvalue weighted by Gasteiger charge is 2.18. The Bertz CT molecular complexity index is 1190. The van der Waals surface area contributed by atoms with Gasteiger partial charge >= 0.3 is 5.91 Å². The maximum Gasteiger partial charge on any atom is 0.313 e. The summed E-state index contributed by atoms with van der Waals surface area (Å²) in [6.45, 7) is 1.79. The number of benzene rings is 2. The van der Waals surface area contributed by atoms with E-state index in [1.807, 2.05) is 36.4 Å². The van der Waals surface area contributed by atoms with Crippen LogP contribution in [0.2, 0.25) is 0 Å². The van der Waals surface area contributed by atoms with E-state index in [1.54, 1.807) is 26.2 Å². The summed E-state index contributed by atoms with van der Waals surface area (Å²) < 4.78 is 5.15. The van der Waals surface area contributed by atoms with Gasteiger partial charge in [0.1, 0.15) is 11.4 Å². The monoisotopic (exact) mass is 375 g/mol. The van der Waals surface area contributed by atoms with Crippen molar-refractivity contribution in [2.45, 2.75) is 6.92 Å². The molecule has 0 aliphatic rings. The third kappa shape index (κ3) is 3.01. The van der Waals surface area contributed by atoms with E-state index in [0.717, 1.165) is 11.3 Å². The van der Waals surface area contributed by atoms with Crippen molar-refractivity contribution in [3.63, 3.8) is 0 Å². The van der Waals surface area contributed by atoms with Gasteiger partial charge in [0.25, 0.3) is 0 Å². The first-order valence-electron chi connectivity index (χ1n) is 8.53. The summed E-state index contributed by atoms with van der Waals surface area (Å²) in [4.78, 5) is 15.3. The normalized spacial score (nSPS) is 11.4. The molecule has 0 saturated carbocycles. The average Bonchev–Trinajstić information content (AvgIpc) is 3.25. The van der Waals surface area contributed by atoms with Crippen molar-refractivity contribution in [2.75, 3.05) is 7.11 Å². The van der Waals surface area contributed by atoms with Gasteiger partial charge < -0.3 is 14.8 Å². The van der Waals surface area contributed by atoms with Gasteiger partial charge in [0, 0.05) is 16.5 Å². The number of fused-ring (bicyclic) bond motifs is 1. The lowest BCUT2D eigenvalue weighted by Gasteiger charge is -2.01. The van der Waals surface area contributed by atoms with Crippen LogP contribution >= 0.6 is 0 Å². The van der Waals surface area contributed by atoms with Gasteiger partial charge in [0.05, 0.1) is 18.3 Å². The zero-order valence-corrected chi connectivity index (χ0v) is 15.2. The topological polar surface area (TPSA) is 116 Å². The fraction of sp³-hybridized carbons (Fsp3) is 0.100. The van der Waals surface area contributed by atoms with Crippen LogP contribution in [-0.2, 0) is 0 Å². The minimum absolute atomic E-state index is 0.141. The van der Waals surface area contributed by atoms with Gasteiger partial charge in [-0.15, -0.1) is 10.2 Å². The van der Waals surface area contributed by atoms with Crippen molar-refractivity contribution in [3.8, 4) is 22.9 Å².